The highest BCUT2D eigenvalue weighted by molar-refractivity contribution is 6.01. The Bertz CT molecular complexity index is 1930. The number of carbonyl (C=O) groups is 1. The molecule has 2 aromatic carbocycles. The molecule has 1 aliphatic carbocycles. The number of allylic oxidation sites excluding steroid dienone is 1. The van der Waals surface area contributed by atoms with Crippen molar-refractivity contribution in [1.82, 2.24) is 19.8 Å². The molecule has 282 valence electrons. The lowest BCUT2D eigenvalue weighted by Gasteiger charge is -2.54. The predicted octanol–water partition coefficient (Wildman–Crippen LogP) is 7.82. The van der Waals surface area contributed by atoms with E-state index in [2.05, 4.69) is 53.7 Å². The molecule has 8 nitrogen and oxygen atoms in total. The first-order valence-electron chi connectivity index (χ1n) is 19.3. The summed E-state index contributed by atoms with van der Waals surface area (Å²) in [7, 11) is 0. The van der Waals surface area contributed by atoms with Gasteiger partial charge in [0.2, 0.25) is 5.91 Å². The Kier molecular flexibility index (Phi) is 9.54. The number of halogens is 3. The number of hydrogen-bond donors (Lipinski definition) is 0. The number of amides is 1. The zero-order valence-corrected chi connectivity index (χ0v) is 31.1. The number of carbonyl (C=O) groups excluding carboxylic acids is 1. The average Bonchev–Trinajstić information content (AvgIpc) is 3.11. The van der Waals surface area contributed by atoms with Gasteiger partial charge < -0.3 is 19.3 Å². The van der Waals surface area contributed by atoms with Gasteiger partial charge in [0.1, 0.15) is 17.2 Å². The fraction of sp³-hybridized carbons (Fsp3) is 0.548. The topological polar surface area (TPSA) is 71.0 Å². The molecule has 11 heteroatoms. The summed E-state index contributed by atoms with van der Waals surface area (Å²) in [6.07, 6.45) is 6.41. The molecule has 1 atom stereocenters. The number of anilines is 1. The second-order valence-corrected chi connectivity index (χ2v) is 16.0. The summed E-state index contributed by atoms with van der Waals surface area (Å²) in [4.78, 5) is 29.3. The normalized spacial score (nSPS) is 22.1. The van der Waals surface area contributed by atoms with E-state index in [0.717, 1.165) is 118 Å². The molecular formula is C42H50F3N5O3. The maximum absolute atomic E-state index is 14.1. The molecule has 0 saturated carbocycles. The number of aromatic nitrogens is 2. The number of fused-ring (bicyclic) bond motifs is 2. The van der Waals surface area contributed by atoms with Crippen LogP contribution in [0, 0.1) is 12.3 Å². The number of rotatable bonds is 8. The van der Waals surface area contributed by atoms with Gasteiger partial charge in [-0.15, -0.1) is 0 Å². The Morgan fingerprint density at radius 3 is 2.53 bits per heavy atom. The van der Waals surface area contributed by atoms with Crippen LogP contribution in [0.15, 0.2) is 36.9 Å². The number of piperidine rings is 1. The zero-order valence-electron chi connectivity index (χ0n) is 31.1. The van der Waals surface area contributed by atoms with Gasteiger partial charge in [-0.25, -0.2) is 9.97 Å². The van der Waals surface area contributed by atoms with Crippen LogP contribution < -0.4 is 9.64 Å². The van der Waals surface area contributed by atoms with Gasteiger partial charge in [-0.1, -0.05) is 44.7 Å². The third-order valence-electron chi connectivity index (χ3n) is 12.5. The molecule has 4 fully saturated rings. The third-order valence-corrected chi connectivity index (χ3v) is 12.5. The van der Waals surface area contributed by atoms with E-state index in [1.165, 1.54) is 11.6 Å². The van der Waals surface area contributed by atoms with Crippen molar-refractivity contribution in [3.63, 3.8) is 0 Å². The Balaban J connectivity index is 1.26. The van der Waals surface area contributed by atoms with Gasteiger partial charge in [-0.05, 0) is 91.3 Å². The fourth-order valence-corrected chi connectivity index (χ4v) is 9.35. The molecule has 4 aliphatic heterocycles. The van der Waals surface area contributed by atoms with E-state index < -0.39 is 12.8 Å². The van der Waals surface area contributed by atoms with Crippen molar-refractivity contribution < 1.29 is 27.4 Å². The number of hydrogen-bond acceptors (Lipinski definition) is 7. The van der Waals surface area contributed by atoms with Gasteiger partial charge in [0, 0.05) is 80.8 Å². The molecule has 1 aromatic heterocycles. The van der Waals surface area contributed by atoms with Gasteiger partial charge in [-0.3, -0.25) is 9.69 Å². The van der Waals surface area contributed by atoms with E-state index in [9.17, 15) is 18.0 Å². The molecule has 5 heterocycles. The SMILES string of the molecule is C=CC(=O)N1CC2(CCN(c3nc(C4CN(C5CCOCC5)C4)nc4c(OCC(F)(F)F)c(-c5c(C)ccc6c5C=CC[C@@H]6C)c(CC)cc34)CC2)C1. The Hall–Kier alpha value is -3.96. The molecule has 53 heavy (non-hydrogen) atoms. The first-order chi connectivity index (χ1) is 25.5. The molecule has 4 saturated heterocycles. The highest BCUT2D eigenvalue weighted by Crippen LogP contribution is 2.49. The van der Waals surface area contributed by atoms with Crippen molar-refractivity contribution in [2.24, 2.45) is 5.41 Å². The molecular weight excluding hydrogens is 679 g/mol. The van der Waals surface area contributed by atoms with Crippen molar-refractivity contribution in [1.29, 1.82) is 0 Å². The highest BCUT2D eigenvalue weighted by Gasteiger charge is 2.47. The first kappa shape index (κ1) is 36.0. The summed E-state index contributed by atoms with van der Waals surface area (Å²) in [6, 6.07) is 6.82. The summed E-state index contributed by atoms with van der Waals surface area (Å²) >= 11 is 0. The second-order valence-electron chi connectivity index (χ2n) is 16.0. The van der Waals surface area contributed by atoms with E-state index in [-0.39, 0.29) is 28.9 Å². The standard InChI is InChI=1S/C42H50F3N5O3/c1-5-28-20-33-37(38(53-25-42(43,44)45)36(28)35-27(4)10-11-31-26(3)8-7-9-32(31)35)46-39(29-21-49(22-29)30-12-18-52-19-13-30)47-40(33)48-16-14-41(15-17-48)23-50(24-41)34(51)6-2/h6-7,9-11,20,26,29-30H,2,5,8,12-19,21-25H2,1,3-4H3/t26-/m0/s1. The fourth-order valence-electron chi connectivity index (χ4n) is 9.35. The number of benzene rings is 2. The molecule has 1 spiro atoms. The minimum Gasteiger partial charge on any atom is -0.481 e. The highest BCUT2D eigenvalue weighted by atomic mass is 19.4. The summed E-state index contributed by atoms with van der Waals surface area (Å²) in [6.45, 7) is 14.5. The minimum atomic E-state index is -4.53. The summed E-state index contributed by atoms with van der Waals surface area (Å²) in [5.74, 6) is 1.93. The molecule has 0 N–H and O–H groups in total. The molecule has 0 bridgehead atoms. The number of likely N-dealkylation sites (tertiary alicyclic amines) is 2. The lowest BCUT2D eigenvalue weighted by atomic mass is 9.72. The Morgan fingerprint density at radius 1 is 1.11 bits per heavy atom. The monoisotopic (exact) mass is 729 g/mol. The number of ether oxygens (including phenoxy) is 2. The minimum absolute atomic E-state index is 0.0334. The van der Waals surface area contributed by atoms with Crippen LogP contribution in [-0.4, -0.2) is 97.0 Å². The van der Waals surface area contributed by atoms with E-state index in [1.54, 1.807) is 0 Å². The van der Waals surface area contributed by atoms with Crippen LogP contribution in [-0.2, 0) is 16.0 Å². The second kappa shape index (κ2) is 14.0. The van der Waals surface area contributed by atoms with Gasteiger partial charge in [0.15, 0.2) is 12.4 Å². The molecule has 8 rings (SSSR count). The number of alkyl halides is 3. The maximum atomic E-state index is 14.1. The van der Waals surface area contributed by atoms with Crippen molar-refractivity contribution in [3.8, 4) is 16.9 Å². The lowest BCUT2D eigenvalue weighted by Crippen LogP contribution is -2.61. The van der Waals surface area contributed by atoms with Crippen LogP contribution in [0.25, 0.3) is 28.1 Å². The Labute approximate surface area is 310 Å². The van der Waals surface area contributed by atoms with Crippen molar-refractivity contribution >= 4 is 28.7 Å². The van der Waals surface area contributed by atoms with Gasteiger partial charge in [0.05, 0.1) is 0 Å². The molecule has 0 radical (unpaired) electrons. The summed E-state index contributed by atoms with van der Waals surface area (Å²) in [5, 5.41) is 0.728. The lowest BCUT2D eigenvalue weighted by molar-refractivity contribution is -0.153. The van der Waals surface area contributed by atoms with E-state index in [0.29, 0.717) is 29.4 Å². The first-order valence-corrected chi connectivity index (χ1v) is 19.3. The molecule has 1 amide bonds. The van der Waals surface area contributed by atoms with Gasteiger partial charge in [0.25, 0.3) is 0 Å². The third kappa shape index (κ3) is 6.73. The molecule has 0 unspecified atom stereocenters. The number of nitrogens with zero attached hydrogens (tertiary/aromatic N) is 5. The van der Waals surface area contributed by atoms with E-state index in [4.69, 9.17) is 19.4 Å². The summed E-state index contributed by atoms with van der Waals surface area (Å²) < 4.78 is 54.0. The van der Waals surface area contributed by atoms with Crippen molar-refractivity contribution in [2.45, 2.75) is 83.4 Å². The van der Waals surface area contributed by atoms with Crippen LogP contribution in [0.5, 0.6) is 5.75 Å². The van der Waals surface area contributed by atoms with Crippen LogP contribution in [0.1, 0.15) is 85.9 Å². The quantitative estimate of drug-likeness (QED) is 0.219. The van der Waals surface area contributed by atoms with Crippen LogP contribution in [0.2, 0.25) is 0 Å². The van der Waals surface area contributed by atoms with Crippen LogP contribution >= 0.6 is 0 Å². The van der Waals surface area contributed by atoms with Gasteiger partial charge in [-0.2, -0.15) is 13.2 Å². The zero-order chi connectivity index (χ0) is 37.1. The van der Waals surface area contributed by atoms with E-state index >= 15 is 0 Å². The van der Waals surface area contributed by atoms with Crippen molar-refractivity contribution in [3.05, 3.63) is 65.0 Å². The van der Waals surface area contributed by atoms with Gasteiger partial charge >= 0.3 is 6.18 Å². The average molecular weight is 730 g/mol. The van der Waals surface area contributed by atoms with Crippen molar-refractivity contribution in [2.75, 3.05) is 64.0 Å². The summed E-state index contributed by atoms with van der Waals surface area (Å²) in [5.41, 5.74) is 6.26. The molecule has 5 aliphatic rings. The largest absolute Gasteiger partial charge is 0.481 e. The maximum Gasteiger partial charge on any atom is 0.422 e. The van der Waals surface area contributed by atoms with Crippen LogP contribution in [0.4, 0.5) is 19.0 Å². The van der Waals surface area contributed by atoms with E-state index in [1.807, 2.05) is 18.7 Å². The Morgan fingerprint density at radius 2 is 1.85 bits per heavy atom. The number of aryl methyl sites for hydroxylation is 2. The predicted molar refractivity (Wildman–Crippen MR) is 202 cm³/mol. The smallest absolute Gasteiger partial charge is 0.422 e. The molecule has 3 aromatic rings. The van der Waals surface area contributed by atoms with Crippen LogP contribution in [0.3, 0.4) is 0 Å².